The minimum atomic E-state index is -0.714. The summed E-state index contributed by atoms with van der Waals surface area (Å²) in [7, 11) is 0. The molecule has 3 heterocycles. The van der Waals surface area contributed by atoms with E-state index in [2.05, 4.69) is 25.2 Å². The van der Waals surface area contributed by atoms with Gasteiger partial charge in [0.2, 0.25) is 0 Å². The number of rotatable bonds is 6. The van der Waals surface area contributed by atoms with Gasteiger partial charge in [-0.1, -0.05) is 6.07 Å². The van der Waals surface area contributed by atoms with Crippen molar-refractivity contribution in [3.8, 4) is 11.6 Å². The van der Waals surface area contributed by atoms with Crippen LogP contribution in [0.2, 0.25) is 0 Å². The van der Waals surface area contributed by atoms with Crippen LogP contribution in [0.1, 0.15) is 20.3 Å². The summed E-state index contributed by atoms with van der Waals surface area (Å²) in [6, 6.07) is 13.3. The number of aromatic nitrogens is 3. The van der Waals surface area contributed by atoms with Crippen LogP contribution >= 0.6 is 0 Å². The number of hydrogen-bond donors (Lipinski definition) is 2. The Kier molecular flexibility index (Phi) is 5.31. The molecule has 4 rings (SSSR count). The first-order valence-electron chi connectivity index (χ1n) is 9.73. The van der Waals surface area contributed by atoms with Crippen LogP contribution in [0.15, 0.2) is 61.1 Å². The summed E-state index contributed by atoms with van der Waals surface area (Å²) in [6.45, 7) is 5.26. The first-order chi connectivity index (χ1) is 14.0. The number of nitrogens with one attached hydrogen (secondary N) is 1. The van der Waals surface area contributed by atoms with Crippen molar-refractivity contribution in [2.45, 2.75) is 25.9 Å². The summed E-state index contributed by atoms with van der Waals surface area (Å²) in [4.78, 5) is 15.3. The summed E-state index contributed by atoms with van der Waals surface area (Å²) >= 11 is 0. The minimum absolute atomic E-state index is 0.189. The lowest BCUT2D eigenvalue weighted by molar-refractivity contribution is 0.0263. The zero-order valence-electron chi connectivity index (χ0n) is 16.6. The molecule has 0 aliphatic carbocycles. The third kappa shape index (κ3) is 4.63. The van der Waals surface area contributed by atoms with E-state index in [-0.39, 0.29) is 5.92 Å². The van der Waals surface area contributed by atoms with E-state index in [1.54, 1.807) is 18.6 Å². The summed E-state index contributed by atoms with van der Waals surface area (Å²) in [6.07, 6.45) is 5.95. The number of ether oxygens (including phenoxy) is 1. The van der Waals surface area contributed by atoms with Crippen LogP contribution in [-0.2, 0) is 0 Å². The second-order valence-electron chi connectivity index (χ2n) is 7.74. The van der Waals surface area contributed by atoms with Crippen molar-refractivity contribution in [3.63, 3.8) is 0 Å². The van der Waals surface area contributed by atoms with Gasteiger partial charge in [-0.25, -0.2) is 15.0 Å². The molecule has 3 aromatic rings. The van der Waals surface area contributed by atoms with Gasteiger partial charge in [-0.2, -0.15) is 0 Å². The molecule has 0 saturated carbocycles. The molecule has 0 radical (unpaired) electrons. The van der Waals surface area contributed by atoms with Gasteiger partial charge in [0.05, 0.1) is 5.60 Å². The standard InChI is InChI=1S/C22H25N5O2/c1-22(2,28)16-10-14-27(15-16)20-21(25-13-12-24-20)29-18-8-6-17(7-9-18)26-19-5-3-4-11-23-19/h3-9,11-13,16,28H,10,14-15H2,1-2H3,(H,23,26). The van der Waals surface area contributed by atoms with Gasteiger partial charge >= 0.3 is 0 Å². The molecule has 0 bridgehead atoms. The molecular weight excluding hydrogens is 366 g/mol. The van der Waals surface area contributed by atoms with Gasteiger partial charge in [-0.15, -0.1) is 0 Å². The van der Waals surface area contributed by atoms with E-state index in [1.807, 2.05) is 56.3 Å². The number of hydrogen-bond acceptors (Lipinski definition) is 7. The van der Waals surface area contributed by atoms with Gasteiger partial charge in [-0.3, -0.25) is 0 Å². The number of pyridine rings is 1. The highest BCUT2D eigenvalue weighted by molar-refractivity contribution is 5.57. The fraction of sp³-hybridized carbons (Fsp3) is 0.318. The van der Waals surface area contributed by atoms with Gasteiger partial charge in [0.25, 0.3) is 5.88 Å². The molecule has 1 aromatic carbocycles. The Labute approximate surface area is 170 Å². The molecule has 1 unspecified atom stereocenters. The summed E-state index contributed by atoms with van der Waals surface area (Å²) < 4.78 is 6.03. The maximum absolute atomic E-state index is 10.3. The molecule has 1 aliphatic rings. The summed E-state index contributed by atoms with van der Waals surface area (Å²) in [5, 5.41) is 13.6. The normalized spacial score (nSPS) is 16.7. The number of anilines is 3. The van der Waals surface area contributed by atoms with E-state index >= 15 is 0 Å². The summed E-state index contributed by atoms with van der Waals surface area (Å²) in [5.74, 6) is 2.82. The lowest BCUT2D eigenvalue weighted by Crippen LogP contribution is -2.33. The highest BCUT2D eigenvalue weighted by Crippen LogP contribution is 2.34. The molecule has 1 fully saturated rings. The number of nitrogens with zero attached hydrogens (tertiary/aromatic N) is 4. The van der Waals surface area contributed by atoms with Crippen molar-refractivity contribution in [2.24, 2.45) is 5.92 Å². The van der Waals surface area contributed by atoms with E-state index in [4.69, 9.17) is 4.74 Å². The third-order valence-electron chi connectivity index (χ3n) is 5.14. The molecule has 2 aromatic heterocycles. The second-order valence-corrected chi connectivity index (χ2v) is 7.74. The highest BCUT2D eigenvalue weighted by Gasteiger charge is 2.35. The SMILES string of the molecule is CC(C)(O)C1CCN(c2nccnc2Oc2ccc(Nc3ccccn3)cc2)C1. The fourth-order valence-corrected chi connectivity index (χ4v) is 3.44. The average molecular weight is 391 g/mol. The first-order valence-corrected chi connectivity index (χ1v) is 9.73. The van der Waals surface area contributed by atoms with Crippen molar-refractivity contribution >= 4 is 17.3 Å². The van der Waals surface area contributed by atoms with Gasteiger partial charge in [0.1, 0.15) is 11.6 Å². The van der Waals surface area contributed by atoms with Crippen molar-refractivity contribution in [2.75, 3.05) is 23.3 Å². The van der Waals surface area contributed by atoms with E-state index in [0.29, 0.717) is 17.4 Å². The Bertz CT molecular complexity index is 941. The maximum atomic E-state index is 10.3. The topological polar surface area (TPSA) is 83.4 Å². The molecule has 29 heavy (non-hydrogen) atoms. The van der Waals surface area contributed by atoms with Gasteiger partial charge in [0.15, 0.2) is 5.82 Å². The largest absolute Gasteiger partial charge is 0.436 e. The lowest BCUT2D eigenvalue weighted by atomic mass is 9.90. The fourth-order valence-electron chi connectivity index (χ4n) is 3.44. The molecule has 7 nitrogen and oxygen atoms in total. The molecule has 1 aliphatic heterocycles. The second kappa shape index (κ2) is 8.05. The quantitative estimate of drug-likeness (QED) is 0.657. The van der Waals surface area contributed by atoms with E-state index in [1.165, 1.54) is 0 Å². The van der Waals surface area contributed by atoms with Crippen LogP contribution in [0, 0.1) is 5.92 Å². The molecule has 0 amide bonds. The smallest absolute Gasteiger partial charge is 0.263 e. The van der Waals surface area contributed by atoms with E-state index in [0.717, 1.165) is 31.0 Å². The zero-order valence-corrected chi connectivity index (χ0v) is 16.6. The Morgan fingerprint density at radius 1 is 1.03 bits per heavy atom. The van der Waals surface area contributed by atoms with Gasteiger partial charge in [0, 0.05) is 43.3 Å². The Morgan fingerprint density at radius 3 is 2.52 bits per heavy atom. The molecule has 1 atom stereocenters. The lowest BCUT2D eigenvalue weighted by Gasteiger charge is -2.26. The van der Waals surface area contributed by atoms with Crippen LogP contribution in [0.25, 0.3) is 0 Å². The maximum Gasteiger partial charge on any atom is 0.263 e. The van der Waals surface area contributed by atoms with E-state index < -0.39 is 5.60 Å². The van der Waals surface area contributed by atoms with Crippen LogP contribution < -0.4 is 15.0 Å². The number of aliphatic hydroxyl groups is 1. The van der Waals surface area contributed by atoms with Gasteiger partial charge in [-0.05, 0) is 56.7 Å². The zero-order chi connectivity index (χ0) is 20.3. The average Bonchev–Trinajstić information content (AvgIpc) is 3.21. The predicted octanol–water partition coefficient (Wildman–Crippen LogP) is 4.00. The van der Waals surface area contributed by atoms with Crippen molar-refractivity contribution in [1.82, 2.24) is 15.0 Å². The molecule has 2 N–H and O–H groups in total. The Balaban J connectivity index is 1.46. The molecule has 1 saturated heterocycles. The highest BCUT2D eigenvalue weighted by atomic mass is 16.5. The molecular formula is C22H25N5O2. The predicted molar refractivity (Wildman–Crippen MR) is 113 cm³/mol. The van der Waals surface area contributed by atoms with Crippen LogP contribution in [0.5, 0.6) is 11.6 Å². The summed E-state index contributed by atoms with van der Waals surface area (Å²) in [5.41, 5.74) is 0.206. The van der Waals surface area contributed by atoms with Crippen LogP contribution in [-0.4, -0.2) is 38.7 Å². The minimum Gasteiger partial charge on any atom is -0.436 e. The van der Waals surface area contributed by atoms with Crippen molar-refractivity contribution in [1.29, 1.82) is 0 Å². The number of benzene rings is 1. The molecule has 150 valence electrons. The van der Waals surface area contributed by atoms with Crippen molar-refractivity contribution in [3.05, 3.63) is 61.1 Å². The van der Waals surface area contributed by atoms with E-state index in [9.17, 15) is 5.11 Å². The molecule has 7 heteroatoms. The van der Waals surface area contributed by atoms with Crippen molar-refractivity contribution < 1.29 is 9.84 Å². The van der Waals surface area contributed by atoms with Crippen LogP contribution in [0.4, 0.5) is 17.3 Å². The van der Waals surface area contributed by atoms with Crippen LogP contribution in [0.3, 0.4) is 0 Å². The van der Waals surface area contributed by atoms with Gasteiger partial charge < -0.3 is 20.1 Å². The first kappa shape index (κ1) is 19.1. The monoisotopic (exact) mass is 391 g/mol. The Hall–Kier alpha value is -3.19. The Morgan fingerprint density at radius 2 is 1.83 bits per heavy atom. The molecule has 0 spiro atoms. The third-order valence-corrected chi connectivity index (χ3v) is 5.14.